The maximum absolute atomic E-state index is 11.3. The zero-order chi connectivity index (χ0) is 9.90. The molecule has 76 valence electrons. The summed E-state index contributed by atoms with van der Waals surface area (Å²) in [7, 11) is 0. The van der Waals surface area contributed by atoms with Crippen LogP contribution in [0.4, 0.5) is 0 Å². The van der Waals surface area contributed by atoms with Gasteiger partial charge in [0.15, 0.2) is 0 Å². The van der Waals surface area contributed by atoms with Crippen molar-refractivity contribution >= 4 is 28.8 Å². The number of primary amides is 1. The van der Waals surface area contributed by atoms with E-state index in [0.29, 0.717) is 0 Å². The molecular formula is C8H16IN3O. The van der Waals surface area contributed by atoms with Gasteiger partial charge in [-0.05, 0) is 19.4 Å². The first-order valence-corrected chi connectivity index (χ1v) is 5.53. The maximum Gasteiger partial charge on any atom is 0.237 e. The minimum absolute atomic E-state index is 0.209. The molecule has 1 heterocycles. The number of hydrogen-bond acceptors (Lipinski definition) is 3. The molecular weight excluding hydrogens is 281 g/mol. The van der Waals surface area contributed by atoms with Crippen molar-refractivity contribution < 1.29 is 4.79 Å². The zero-order valence-corrected chi connectivity index (χ0v) is 10.0. The predicted molar refractivity (Wildman–Crippen MR) is 60.4 cm³/mol. The number of carbonyl (C=O) groups is 1. The van der Waals surface area contributed by atoms with Gasteiger partial charge in [0.1, 0.15) is 5.54 Å². The second-order valence-electron chi connectivity index (χ2n) is 3.39. The Kier molecular flexibility index (Phi) is 3.93. The number of nitrogens with two attached hydrogens (primary N) is 1. The summed E-state index contributed by atoms with van der Waals surface area (Å²) in [6.07, 6.45) is 1.64. The summed E-state index contributed by atoms with van der Waals surface area (Å²) in [5.41, 5.74) is 4.96. The number of halogens is 1. The van der Waals surface area contributed by atoms with Crippen molar-refractivity contribution in [3.8, 4) is 0 Å². The Balaban J connectivity index is 2.63. The molecule has 1 amide bonds. The van der Waals surface area contributed by atoms with Gasteiger partial charge in [-0.15, -0.1) is 0 Å². The van der Waals surface area contributed by atoms with E-state index in [1.54, 1.807) is 0 Å². The Bertz CT molecular complexity index is 190. The third-order valence-electron chi connectivity index (χ3n) is 2.55. The molecule has 1 saturated heterocycles. The van der Waals surface area contributed by atoms with Crippen LogP contribution in [-0.4, -0.2) is 34.2 Å². The Morgan fingerprint density at radius 2 is 2.15 bits per heavy atom. The zero-order valence-electron chi connectivity index (χ0n) is 7.85. The molecule has 0 unspecified atom stereocenters. The van der Waals surface area contributed by atoms with Gasteiger partial charge >= 0.3 is 0 Å². The predicted octanol–water partition coefficient (Wildman–Crippen LogP) is 0.266. The summed E-state index contributed by atoms with van der Waals surface area (Å²) in [4.78, 5) is 11.3. The van der Waals surface area contributed by atoms with Gasteiger partial charge in [0.25, 0.3) is 0 Å². The first kappa shape index (κ1) is 11.2. The Morgan fingerprint density at radius 3 is 2.54 bits per heavy atom. The SMILES string of the molecule is CCNC1(C(N)=O)CCN(I)CC1. The lowest BCUT2D eigenvalue weighted by molar-refractivity contribution is -0.125. The van der Waals surface area contributed by atoms with Crippen LogP contribution in [0.3, 0.4) is 0 Å². The van der Waals surface area contributed by atoms with Crippen LogP contribution in [0.5, 0.6) is 0 Å². The Hall–Kier alpha value is 0.120. The largest absolute Gasteiger partial charge is 0.368 e. The molecule has 0 radical (unpaired) electrons. The van der Waals surface area contributed by atoms with Crippen molar-refractivity contribution in [2.24, 2.45) is 5.73 Å². The lowest BCUT2D eigenvalue weighted by Crippen LogP contribution is -2.59. The number of likely N-dealkylation sites (N-methyl/N-ethyl adjacent to an activating group) is 1. The van der Waals surface area contributed by atoms with E-state index in [-0.39, 0.29) is 5.91 Å². The van der Waals surface area contributed by atoms with Gasteiger partial charge in [-0.2, -0.15) is 0 Å². The lowest BCUT2D eigenvalue weighted by Gasteiger charge is -2.37. The van der Waals surface area contributed by atoms with Gasteiger partial charge in [0.2, 0.25) is 5.91 Å². The Labute approximate surface area is 92.7 Å². The first-order chi connectivity index (χ1) is 6.10. The van der Waals surface area contributed by atoms with Crippen LogP contribution >= 0.6 is 22.9 Å². The van der Waals surface area contributed by atoms with Crippen LogP contribution in [0.1, 0.15) is 19.8 Å². The van der Waals surface area contributed by atoms with Crippen LogP contribution in [-0.2, 0) is 4.79 Å². The topological polar surface area (TPSA) is 58.4 Å². The molecule has 0 saturated carbocycles. The number of hydrogen-bond donors (Lipinski definition) is 2. The van der Waals surface area contributed by atoms with E-state index < -0.39 is 5.54 Å². The molecule has 5 heteroatoms. The fraction of sp³-hybridized carbons (Fsp3) is 0.875. The normalized spacial score (nSPS) is 22.9. The van der Waals surface area contributed by atoms with E-state index in [2.05, 4.69) is 31.3 Å². The van der Waals surface area contributed by atoms with Crippen molar-refractivity contribution in [2.45, 2.75) is 25.3 Å². The minimum atomic E-state index is -0.448. The molecule has 0 aliphatic carbocycles. The number of piperidine rings is 1. The number of nitrogens with one attached hydrogen (secondary N) is 1. The smallest absolute Gasteiger partial charge is 0.237 e. The quantitative estimate of drug-likeness (QED) is 0.580. The number of nitrogens with zero attached hydrogens (tertiary/aromatic N) is 1. The number of carbonyl (C=O) groups excluding carboxylic acids is 1. The highest BCUT2D eigenvalue weighted by Gasteiger charge is 2.38. The fourth-order valence-electron chi connectivity index (χ4n) is 1.71. The minimum Gasteiger partial charge on any atom is -0.368 e. The van der Waals surface area contributed by atoms with Crippen molar-refractivity contribution in [2.75, 3.05) is 19.6 Å². The number of rotatable bonds is 3. The second kappa shape index (κ2) is 4.56. The molecule has 0 atom stereocenters. The van der Waals surface area contributed by atoms with Gasteiger partial charge in [-0.3, -0.25) is 4.79 Å². The average Bonchev–Trinajstić information content (AvgIpc) is 2.09. The molecule has 13 heavy (non-hydrogen) atoms. The third kappa shape index (κ3) is 2.54. The maximum atomic E-state index is 11.3. The molecule has 1 rings (SSSR count). The molecule has 1 aliphatic heterocycles. The van der Waals surface area contributed by atoms with Crippen LogP contribution < -0.4 is 11.1 Å². The average molecular weight is 297 g/mol. The Morgan fingerprint density at radius 1 is 1.62 bits per heavy atom. The van der Waals surface area contributed by atoms with Gasteiger partial charge in [0, 0.05) is 36.0 Å². The lowest BCUT2D eigenvalue weighted by atomic mass is 9.87. The van der Waals surface area contributed by atoms with Crippen LogP contribution in [0.15, 0.2) is 0 Å². The highest BCUT2D eigenvalue weighted by atomic mass is 127. The first-order valence-electron chi connectivity index (χ1n) is 4.56. The molecule has 1 aliphatic rings. The highest BCUT2D eigenvalue weighted by Crippen LogP contribution is 2.23. The van der Waals surface area contributed by atoms with E-state index in [1.165, 1.54) is 0 Å². The van der Waals surface area contributed by atoms with Crippen molar-refractivity contribution in [3.05, 3.63) is 0 Å². The van der Waals surface area contributed by atoms with E-state index in [9.17, 15) is 4.79 Å². The van der Waals surface area contributed by atoms with Gasteiger partial charge in [-0.1, -0.05) is 6.92 Å². The molecule has 0 aromatic rings. The monoisotopic (exact) mass is 297 g/mol. The van der Waals surface area contributed by atoms with E-state index in [1.807, 2.05) is 6.92 Å². The molecule has 0 spiro atoms. The highest BCUT2D eigenvalue weighted by molar-refractivity contribution is 14.1. The summed E-state index contributed by atoms with van der Waals surface area (Å²) in [5.74, 6) is -0.209. The van der Waals surface area contributed by atoms with Crippen LogP contribution in [0.2, 0.25) is 0 Å². The van der Waals surface area contributed by atoms with E-state index in [4.69, 9.17) is 5.73 Å². The molecule has 1 fully saturated rings. The molecule has 0 aromatic carbocycles. The fourth-order valence-corrected chi connectivity index (χ4v) is 2.19. The summed E-state index contributed by atoms with van der Waals surface area (Å²) in [6.45, 7) is 4.65. The number of amides is 1. The molecule has 4 nitrogen and oxygen atoms in total. The molecule has 3 N–H and O–H groups in total. The summed E-state index contributed by atoms with van der Waals surface area (Å²) < 4.78 is 2.19. The molecule has 0 aromatic heterocycles. The van der Waals surface area contributed by atoms with E-state index in [0.717, 1.165) is 32.5 Å². The standard InChI is InChI=1S/C8H16IN3O/c1-2-11-8(7(10)13)3-5-12(9)6-4-8/h11H,2-6H2,1H3,(H2,10,13). The summed E-state index contributed by atoms with van der Waals surface area (Å²) in [5, 5.41) is 3.21. The third-order valence-corrected chi connectivity index (χ3v) is 3.51. The summed E-state index contributed by atoms with van der Waals surface area (Å²) in [6, 6.07) is 0. The van der Waals surface area contributed by atoms with Gasteiger partial charge in [-0.25, -0.2) is 3.11 Å². The van der Waals surface area contributed by atoms with Crippen molar-refractivity contribution in [1.29, 1.82) is 0 Å². The second-order valence-corrected chi connectivity index (χ2v) is 4.75. The van der Waals surface area contributed by atoms with Crippen LogP contribution in [0.25, 0.3) is 0 Å². The summed E-state index contributed by atoms with van der Waals surface area (Å²) >= 11 is 2.28. The van der Waals surface area contributed by atoms with Crippen molar-refractivity contribution in [3.63, 3.8) is 0 Å². The van der Waals surface area contributed by atoms with E-state index >= 15 is 0 Å². The van der Waals surface area contributed by atoms with Gasteiger partial charge < -0.3 is 11.1 Å². The van der Waals surface area contributed by atoms with Crippen LogP contribution in [0, 0.1) is 0 Å². The van der Waals surface area contributed by atoms with Gasteiger partial charge in [0.05, 0.1) is 0 Å². The molecule has 0 bridgehead atoms. The van der Waals surface area contributed by atoms with Crippen molar-refractivity contribution in [1.82, 2.24) is 8.43 Å².